The van der Waals surface area contributed by atoms with Crippen molar-refractivity contribution < 1.29 is 4.74 Å². The molecule has 4 heteroatoms. The van der Waals surface area contributed by atoms with Crippen LogP contribution in [0, 0.1) is 0 Å². The molecule has 1 aliphatic rings. The molecule has 3 rings (SSSR count). The Morgan fingerprint density at radius 1 is 1.00 bits per heavy atom. The lowest BCUT2D eigenvalue weighted by Crippen LogP contribution is -2.52. The molecular formula is C22H31N3O. The number of para-hydroxylation sites is 1. The topological polar surface area (TPSA) is 27.7 Å². The number of aryl methyl sites for hydroxylation is 2. The molecule has 0 aliphatic carbocycles. The summed E-state index contributed by atoms with van der Waals surface area (Å²) in [6, 6.07) is 15.3. The number of piperazine rings is 1. The van der Waals surface area contributed by atoms with Gasteiger partial charge in [-0.3, -0.25) is 0 Å². The quantitative estimate of drug-likeness (QED) is 0.839. The van der Waals surface area contributed by atoms with Crippen LogP contribution in [-0.2, 0) is 17.6 Å². The predicted molar refractivity (Wildman–Crippen MR) is 111 cm³/mol. The molecule has 1 aliphatic heterocycles. The fourth-order valence-corrected chi connectivity index (χ4v) is 3.66. The van der Waals surface area contributed by atoms with E-state index in [1.54, 1.807) is 7.11 Å². The van der Waals surface area contributed by atoms with Crippen molar-refractivity contribution in [2.45, 2.75) is 32.9 Å². The largest absolute Gasteiger partial charge is 0.360 e. The third kappa shape index (κ3) is 4.02. The highest BCUT2D eigenvalue weighted by molar-refractivity contribution is 5.68. The summed E-state index contributed by atoms with van der Waals surface area (Å²) in [7, 11) is 3.94. The van der Waals surface area contributed by atoms with Crippen LogP contribution in [0.5, 0.6) is 0 Å². The lowest BCUT2D eigenvalue weighted by Gasteiger charge is -2.40. The van der Waals surface area contributed by atoms with Crippen LogP contribution >= 0.6 is 0 Å². The monoisotopic (exact) mass is 353 g/mol. The van der Waals surface area contributed by atoms with Crippen molar-refractivity contribution in [2.24, 2.45) is 0 Å². The Morgan fingerprint density at radius 3 is 2.23 bits per heavy atom. The molecule has 1 heterocycles. The van der Waals surface area contributed by atoms with Crippen LogP contribution < -0.4 is 10.2 Å². The van der Waals surface area contributed by atoms with Gasteiger partial charge < -0.3 is 19.9 Å². The summed E-state index contributed by atoms with van der Waals surface area (Å²) in [5.41, 5.74) is 6.35. The number of likely N-dealkylation sites (N-methyl/N-ethyl adjacent to an activating group) is 1. The predicted octanol–water partition coefficient (Wildman–Crippen LogP) is 4.28. The van der Waals surface area contributed by atoms with Crippen molar-refractivity contribution in [1.82, 2.24) is 4.90 Å². The van der Waals surface area contributed by atoms with Gasteiger partial charge in [0.15, 0.2) is 0 Å². The van der Waals surface area contributed by atoms with Gasteiger partial charge in [-0.15, -0.1) is 0 Å². The van der Waals surface area contributed by atoms with Gasteiger partial charge in [0.1, 0.15) is 6.23 Å². The van der Waals surface area contributed by atoms with E-state index < -0.39 is 0 Å². The molecule has 1 atom stereocenters. The van der Waals surface area contributed by atoms with Crippen molar-refractivity contribution in [3.63, 3.8) is 0 Å². The van der Waals surface area contributed by atoms with Crippen molar-refractivity contribution in [3.8, 4) is 0 Å². The SMILES string of the molecule is CCc1cccc(CC)c1Nc1ccc(N2CCN(C)CC2OC)cc1. The van der Waals surface area contributed by atoms with E-state index in [9.17, 15) is 0 Å². The number of benzene rings is 2. The molecule has 4 nitrogen and oxygen atoms in total. The molecule has 2 aromatic rings. The van der Waals surface area contributed by atoms with E-state index in [4.69, 9.17) is 4.74 Å². The zero-order valence-electron chi connectivity index (χ0n) is 16.5. The van der Waals surface area contributed by atoms with E-state index in [2.05, 4.69) is 78.5 Å². The summed E-state index contributed by atoms with van der Waals surface area (Å²) in [4.78, 5) is 4.66. The molecule has 0 amide bonds. The Labute approximate surface area is 157 Å². The normalized spacial score (nSPS) is 18.2. The van der Waals surface area contributed by atoms with E-state index >= 15 is 0 Å². The minimum atomic E-state index is 0.111. The molecule has 0 radical (unpaired) electrons. The smallest absolute Gasteiger partial charge is 0.142 e. The highest BCUT2D eigenvalue weighted by Crippen LogP contribution is 2.28. The van der Waals surface area contributed by atoms with E-state index in [1.165, 1.54) is 22.5 Å². The highest BCUT2D eigenvalue weighted by atomic mass is 16.5. The van der Waals surface area contributed by atoms with E-state index in [-0.39, 0.29) is 6.23 Å². The number of rotatable bonds is 6. The average molecular weight is 354 g/mol. The molecule has 0 spiro atoms. The summed E-state index contributed by atoms with van der Waals surface area (Å²) in [5.74, 6) is 0. The Kier molecular flexibility index (Phi) is 6.17. The number of nitrogens with zero attached hydrogens (tertiary/aromatic N) is 2. The van der Waals surface area contributed by atoms with Gasteiger partial charge in [0, 0.05) is 43.8 Å². The van der Waals surface area contributed by atoms with Gasteiger partial charge >= 0.3 is 0 Å². The minimum absolute atomic E-state index is 0.111. The fraction of sp³-hybridized carbons (Fsp3) is 0.455. The average Bonchev–Trinajstić information content (AvgIpc) is 2.68. The van der Waals surface area contributed by atoms with Crippen LogP contribution in [0.15, 0.2) is 42.5 Å². The number of nitrogens with one attached hydrogen (secondary N) is 1. The second kappa shape index (κ2) is 8.56. The maximum absolute atomic E-state index is 5.68. The van der Waals surface area contributed by atoms with Gasteiger partial charge in [-0.1, -0.05) is 32.0 Å². The number of methoxy groups -OCH3 is 1. The first-order valence-corrected chi connectivity index (χ1v) is 9.62. The van der Waals surface area contributed by atoms with Gasteiger partial charge in [-0.2, -0.15) is 0 Å². The van der Waals surface area contributed by atoms with Crippen LogP contribution in [0.25, 0.3) is 0 Å². The number of hydrogen-bond donors (Lipinski definition) is 1. The van der Waals surface area contributed by atoms with Gasteiger partial charge in [0.05, 0.1) is 0 Å². The number of anilines is 3. The zero-order chi connectivity index (χ0) is 18.5. The van der Waals surface area contributed by atoms with Crippen LogP contribution in [-0.4, -0.2) is 44.9 Å². The first kappa shape index (κ1) is 18.7. The number of hydrogen-bond acceptors (Lipinski definition) is 4. The summed E-state index contributed by atoms with van der Waals surface area (Å²) in [6.45, 7) is 7.40. The van der Waals surface area contributed by atoms with Gasteiger partial charge in [0.2, 0.25) is 0 Å². The Hall–Kier alpha value is -2.04. The van der Waals surface area contributed by atoms with Crippen molar-refractivity contribution in [3.05, 3.63) is 53.6 Å². The third-order valence-electron chi connectivity index (χ3n) is 5.28. The maximum atomic E-state index is 5.68. The molecule has 2 aromatic carbocycles. The molecule has 1 saturated heterocycles. The summed E-state index contributed by atoms with van der Waals surface area (Å²) >= 11 is 0. The fourth-order valence-electron chi connectivity index (χ4n) is 3.66. The van der Waals surface area contributed by atoms with E-state index in [1.807, 2.05) is 0 Å². The van der Waals surface area contributed by atoms with Gasteiger partial charge in [0.25, 0.3) is 0 Å². The molecule has 1 fully saturated rings. The first-order valence-electron chi connectivity index (χ1n) is 9.62. The molecule has 0 aromatic heterocycles. The highest BCUT2D eigenvalue weighted by Gasteiger charge is 2.25. The van der Waals surface area contributed by atoms with Crippen LogP contribution in [0.2, 0.25) is 0 Å². The Balaban J connectivity index is 1.78. The zero-order valence-corrected chi connectivity index (χ0v) is 16.5. The molecular weight excluding hydrogens is 322 g/mol. The molecule has 0 bridgehead atoms. The Bertz CT molecular complexity index is 692. The lowest BCUT2D eigenvalue weighted by atomic mass is 10.0. The molecule has 26 heavy (non-hydrogen) atoms. The summed E-state index contributed by atoms with van der Waals surface area (Å²) in [6.07, 6.45) is 2.18. The van der Waals surface area contributed by atoms with Crippen molar-refractivity contribution >= 4 is 17.1 Å². The van der Waals surface area contributed by atoms with Crippen molar-refractivity contribution in [1.29, 1.82) is 0 Å². The molecule has 140 valence electrons. The maximum Gasteiger partial charge on any atom is 0.142 e. The van der Waals surface area contributed by atoms with E-state index in [0.29, 0.717) is 0 Å². The summed E-state index contributed by atoms with van der Waals surface area (Å²) in [5, 5.41) is 3.65. The Morgan fingerprint density at radius 2 is 1.65 bits per heavy atom. The second-order valence-corrected chi connectivity index (χ2v) is 6.98. The van der Waals surface area contributed by atoms with Crippen molar-refractivity contribution in [2.75, 3.05) is 44.0 Å². The lowest BCUT2D eigenvalue weighted by molar-refractivity contribution is 0.0498. The molecule has 1 unspecified atom stereocenters. The van der Waals surface area contributed by atoms with Crippen LogP contribution in [0.1, 0.15) is 25.0 Å². The van der Waals surface area contributed by atoms with E-state index in [0.717, 1.165) is 38.2 Å². The number of ether oxygens (including phenoxy) is 1. The molecule has 1 N–H and O–H groups in total. The van der Waals surface area contributed by atoms with Crippen LogP contribution in [0.4, 0.5) is 17.1 Å². The van der Waals surface area contributed by atoms with Gasteiger partial charge in [-0.05, 0) is 55.3 Å². The van der Waals surface area contributed by atoms with Crippen LogP contribution in [0.3, 0.4) is 0 Å². The minimum Gasteiger partial charge on any atom is -0.360 e. The third-order valence-corrected chi connectivity index (χ3v) is 5.28. The second-order valence-electron chi connectivity index (χ2n) is 6.98. The van der Waals surface area contributed by atoms with Gasteiger partial charge in [-0.25, -0.2) is 0 Å². The first-order chi connectivity index (χ1) is 12.7. The molecule has 0 saturated carbocycles. The standard InChI is InChI=1S/C22H31N3O/c1-5-17-8-7-9-18(6-2)22(17)23-19-10-12-20(13-11-19)25-15-14-24(3)16-21(25)26-4/h7-13,21,23H,5-6,14-16H2,1-4H3. The summed E-state index contributed by atoms with van der Waals surface area (Å²) < 4.78 is 5.68.